The predicted molar refractivity (Wildman–Crippen MR) is 83.7 cm³/mol. The normalized spacial score (nSPS) is 19.0. The molecule has 1 N–H and O–H groups in total. The first-order chi connectivity index (χ1) is 10.1. The maximum Gasteiger partial charge on any atom is 0.267 e. The summed E-state index contributed by atoms with van der Waals surface area (Å²) >= 11 is 6.00. The highest BCUT2D eigenvalue weighted by molar-refractivity contribution is 6.33. The van der Waals surface area contributed by atoms with E-state index in [0.717, 1.165) is 19.5 Å². The first kappa shape index (κ1) is 15.4. The third-order valence-electron chi connectivity index (χ3n) is 3.49. The molecule has 110 valence electrons. The third-order valence-corrected chi connectivity index (χ3v) is 3.82. The van der Waals surface area contributed by atoms with Crippen molar-refractivity contribution in [3.05, 3.63) is 41.1 Å². The lowest BCUT2D eigenvalue weighted by atomic mass is 10.0. The van der Waals surface area contributed by atoms with E-state index in [-0.39, 0.29) is 5.57 Å². The molecule has 1 heterocycles. The summed E-state index contributed by atoms with van der Waals surface area (Å²) in [7, 11) is 0. The lowest BCUT2D eigenvalue weighted by Gasteiger charge is -2.29. The van der Waals surface area contributed by atoms with Crippen molar-refractivity contribution in [2.45, 2.75) is 19.8 Å². The van der Waals surface area contributed by atoms with Crippen molar-refractivity contribution < 1.29 is 4.79 Å². The van der Waals surface area contributed by atoms with E-state index < -0.39 is 5.91 Å². The molecule has 0 aliphatic carbocycles. The van der Waals surface area contributed by atoms with Gasteiger partial charge in [0.2, 0.25) is 0 Å². The topological polar surface area (TPSA) is 56.1 Å². The maximum absolute atomic E-state index is 12.2. The second-order valence-corrected chi connectivity index (χ2v) is 5.74. The molecule has 5 heteroatoms. The number of carbonyl (C=O) groups is 1. The van der Waals surface area contributed by atoms with E-state index in [1.165, 1.54) is 6.42 Å². The summed E-state index contributed by atoms with van der Waals surface area (Å²) in [5.41, 5.74) is 0.612. The van der Waals surface area contributed by atoms with Crippen molar-refractivity contribution in [2.24, 2.45) is 5.92 Å². The zero-order chi connectivity index (χ0) is 15.2. The lowest BCUT2D eigenvalue weighted by molar-refractivity contribution is -0.112. The Kier molecular flexibility index (Phi) is 5.24. The highest BCUT2D eigenvalue weighted by atomic mass is 35.5. The Morgan fingerprint density at radius 3 is 2.95 bits per heavy atom. The molecule has 4 nitrogen and oxygen atoms in total. The fraction of sp³-hybridized carbons (Fsp3) is 0.375. The fourth-order valence-electron chi connectivity index (χ4n) is 2.42. The van der Waals surface area contributed by atoms with Gasteiger partial charge in [-0.3, -0.25) is 4.79 Å². The van der Waals surface area contributed by atoms with Crippen molar-refractivity contribution in [3.8, 4) is 6.07 Å². The number of benzene rings is 1. The van der Waals surface area contributed by atoms with Crippen LogP contribution in [0.5, 0.6) is 0 Å². The molecule has 1 unspecified atom stereocenters. The molecule has 2 rings (SSSR count). The van der Waals surface area contributed by atoms with Crippen LogP contribution in [-0.2, 0) is 4.79 Å². The molecule has 1 aliphatic heterocycles. The van der Waals surface area contributed by atoms with E-state index in [1.54, 1.807) is 30.5 Å². The summed E-state index contributed by atoms with van der Waals surface area (Å²) in [6.45, 7) is 3.94. The lowest BCUT2D eigenvalue weighted by Crippen LogP contribution is -2.31. The van der Waals surface area contributed by atoms with Gasteiger partial charge in [0, 0.05) is 19.3 Å². The number of hydrogen-bond donors (Lipinski definition) is 1. The number of piperidine rings is 1. The molecule has 0 bridgehead atoms. The number of carbonyl (C=O) groups excluding carboxylic acids is 1. The van der Waals surface area contributed by atoms with E-state index in [1.807, 2.05) is 11.0 Å². The van der Waals surface area contributed by atoms with Gasteiger partial charge < -0.3 is 10.2 Å². The van der Waals surface area contributed by atoms with Crippen molar-refractivity contribution in [1.29, 1.82) is 5.26 Å². The van der Waals surface area contributed by atoms with Crippen molar-refractivity contribution in [2.75, 3.05) is 18.4 Å². The number of halogens is 1. The van der Waals surface area contributed by atoms with Crippen LogP contribution in [0.4, 0.5) is 5.69 Å². The number of likely N-dealkylation sites (tertiary alicyclic amines) is 1. The Balaban J connectivity index is 2.08. The van der Waals surface area contributed by atoms with Gasteiger partial charge in [0.15, 0.2) is 0 Å². The Bertz CT molecular complexity index is 591. The predicted octanol–water partition coefficient (Wildman–Crippen LogP) is 3.42. The van der Waals surface area contributed by atoms with E-state index in [2.05, 4.69) is 12.2 Å². The number of hydrogen-bond acceptors (Lipinski definition) is 3. The molecular weight excluding hydrogens is 286 g/mol. The molecule has 0 radical (unpaired) electrons. The summed E-state index contributed by atoms with van der Waals surface area (Å²) in [6, 6.07) is 8.94. The molecule has 0 aromatic heterocycles. The first-order valence-corrected chi connectivity index (χ1v) is 7.40. The standard InChI is InChI=1S/C16H18ClN3O/c1-12-5-4-8-20(10-12)11-13(9-18)16(21)19-15-7-3-2-6-14(15)17/h2-3,6-7,11-12H,4-5,8,10H2,1H3,(H,19,21)/b13-11-. The van der Waals surface area contributed by atoms with Crippen LogP contribution < -0.4 is 5.32 Å². The van der Waals surface area contributed by atoms with Crippen LogP contribution in [0, 0.1) is 17.2 Å². The van der Waals surface area contributed by atoms with Crippen LogP contribution in [0.3, 0.4) is 0 Å². The minimum Gasteiger partial charge on any atom is -0.376 e. The SMILES string of the molecule is CC1CCCN(/C=C(/C#N)C(=O)Nc2ccccc2Cl)C1. The molecule has 1 amide bonds. The zero-order valence-corrected chi connectivity index (χ0v) is 12.7. The minimum atomic E-state index is -0.427. The third kappa shape index (κ3) is 4.24. The zero-order valence-electron chi connectivity index (χ0n) is 12.0. The highest BCUT2D eigenvalue weighted by Gasteiger charge is 2.17. The van der Waals surface area contributed by atoms with E-state index in [0.29, 0.717) is 16.6 Å². The molecule has 1 aromatic carbocycles. The van der Waals surface area contributed by atoms with E-state index in [4.69, 9.17) is 11.6 Å². The van der Waals surface area contributed by atoms with Crippen molar-refractivity contribution in [1.82, 2.24) is 4.90 Å². The van der Waals surface area contributed by atoms with Gasteiger partial charge in [0.25, 0.3) is 5.91 Å². The second kappa shape index (κ2) is 7.14. The van der Waals surface area contributed by atoms with E-state index in [9.17, 15) is 10.1 Å². The summed E-state index contributed by atoms with van der Waals surface area (Å²) in [6.07, 6.45) is 3.93. The van der Waals surface area contributed by atoms with Gasteiger partial charge in [0.1, 0.15) is 11.6 Å². The van der Waals surface area contributed by atoms with Crippen LogP contribution >= 0.6 is 11.6 Å². The number of nitrogens with zero attached hydrogens (tertiary/aromatic N) is 2. The summed E-state index contributed by atoms with van der Waals surface area (Å²) in [5, 5.41) is 12.3. The molecule has 0 spiro atoms. The Morgan fingerprint density at radius 2 is 2.29 bits per heavy atom. The van der Waals surface area contributed by atoms with Gasteiger partial charge >= 0.3 is 0 Å². The Labute approximate surface area is 130 Å². The van der Waals surface area contributed by atoms with Crippen LogP contribution in [0.25, 0.3) is 0 Å². The highest BCUT2D eigenvalue weighted by Crippen LogP contribution is 2.21. The second-order valence-electron chi connectivity index (χ2n) is 5.33. The smallest absolute Gasteiger partial charge is 0.267 e. The van der Waals surface area contributed by atoms with Gasteiger partial charge in [0.05, 0.1) is 10.7 Å². The largest absolute Gasteiger partial charge is 0.376 e. The number of nitrogens with one attached hydrogen (secondary N) is 1. The molecule has 0 saturated carbocycles. The molecule has 1 aromatic rings. The van der Waals surface area contributed by atoms with Crippen LogP contribution in [-0.4, -0.2) is 23.9 Å². The van der Waals surface area contributed by atoms with Crippen molar-refractivity contribution in [3.63, 3.8) is 0 Å². The number of para-hydroxylation sites is 1. The first-order valence-electron chi connectivity index (χ1n) is 7.02. The summed E-state index contributed by atoms with van der Waals surface area (Å²) < 4.78 is 0. The Morgan fingerprint density at radius 1 is 1.52 bits per heavy atom. The summed E-state index contributed by atoms with van der Waals surface area (Å²) in [4.78, 5) is 14.2. The molecule has 1 atom stereocenters. The molecule has 21 heavy (non-hydrogen) atoms. The molecule has 1 fully saturated rings. The van der Waals surface area contributed by atoms with Crippen molar-refractivity contribution >= 4 is 23.2 Å². The van der Waals surface area contributed by atoms with Gasteiger partial charge in [-0.15, -0.1) is 0 Å². The average Bonchev–Trinajstić information content (AvgIpc) is 2.47. The molecule has 1 aliphatic rings. The van der Waals surface area contributed by atoms with Gasteiger partial charge in [-0.25, -0.2) is 0 Å². The number of rotatable bonds is 3. The minimum absolute atomic E-state index is 0.101. The number of nitriles is 1. The maximum atomic E-state index is 12.2. The van der Waals surface area contributed by atoms with Gasteiger partial charge in [-0.1, -0.05) is 30.7 Å². The monoisotopic (exact) mass is 303 g/mol. The fourth-order valence-corrected chi connectivity index (χ4v) is 2.60. The number of anilines is 1. The molecule has 1 saturated heterocycles. The quantitative estimate of drug-likeness (QED) is 0.687. The van der Waals surface area contributed by atoms with Gasteiger partial charge in [-0.2, -0.15) is 5.26 Å². The molecular formula is C16H18ClN3O. The number of amides is 1. The van der Waals surface area contributed by atoms with Crippen LogP contribution in [0.1, 0.15) is 19.8 Å². The summed E-state index contributed by atoms with van der Waals surface area (Å²) in [5.74, 6) is 0.158. The van der Waals surface area contributed by atoms with Crippen LogP contribution in [0.15, 0.2) is 36.0 Å². The van der Waals surface area contributed by atoms with E-state index >= 15 is 0 Å². The Hall–Kier alpha value is -1.99. The van der Waals surface area contributed by atoms with Crippen LogP contribution in [0.2, 0.25) is 5.02 Å². The average molecular weight is 304 g/mol. The van der Waals surface area contributed by atoms with Gasteiger partial charge in [-0.05, 0) is 30.9 Å².